The van der Waals surface area contributed by atoms with Gasteiger partial charge in [-0.1, -0.05) is 32.0 Å². The molecular weight excluding hydrogens is 218 g/mol. The van der Waals surface area contributed by atoms with Crippen LogP contribution in [0.15, 0.2) is 30.3 Å². The van der Waals surface area contributed by atoms with Gasteiger partial charge in [0.1, 0.15) is 0 Å². The zero-order valence-corrected chi connectivity index (χ0v) is 9.99. The molecule has 0 aromatic heterocycles. The Morgan fingerprint density at radius 2 is 1.76 bits per heavy atom. The van der Waals surface area contributed by atoms with Crippen LogP contribution in [0.3, 0.4) is 0 Å². The fraction of sp³-hybridized carbons (Fsp3) is 0.333. The minimum Gasteiger partial charge on any atom is -0.307 e. The number of carbonyl (C=O) groups excluding carboxylic acids is 2. The summed E-state index contributed by atoms with van der Waals surface area (Å²) in [7, 11) is 0. The molecule has 0 radical (unpaired) electrons. The molecule has 5 heteroatoms. The Balaban J connectivity index is 2.29. The summed E-state index contributed by atoms with van der Waals surface area (Å²) in [5.41, 5.74) is 5.29. The normalized spacial score (nSPS) is 9.82. The van der Waals surface area contributed by atoms with Gasteiger partial charge in [0.05, 0.1) is 0 Å². The van der Waals surface area contributed by atoms with Crippen molar-refractivity contribution in [1.82, 2.24) is 10.9 Å². The number of carbonyl (C=O) groups is 2. The Hall–Kier alpha value is -2.04. The minimum absolute atomic E-state index is 0.205. The largest absolute Gasteiger partial charge is 0.337 e. The number of anilines is 1. The average molecular weight is 235 g/mol. The highest BCUT2D eigenvalue weighted by molar-refractivity contribution is 5.90. The number of urea groups is 1. The molecule has 17 heavy (non-hydrogen) atoms. The second-order valence-corrected chi connectivity index (χ2v) is 4.09. The van der Waals surface area contributed by atoms with Crippen LogP contribution in [0.2, 0.25) is 0 Å². The van der Waals surface area contributed by atoms with E-state index in [0.29, 0.717) is 12.1 Å². The second kappa shape index (κ2) is 6.52. The molecule has 0 aliphatic carbocycles. The molecule has 1 aromatic carbocycles. The number of benzene rings is 1. The monoisotopic (exact) mass is 235 g/mol. The number of hydrazine groups is 1. The first-order valence-electron chi connectivity index (χ1n) is 5.49. The molecule has 0 saturated carbocycles. The summed E-state index contributed by atoms with van der Waals surface area (Å²) in [5.74, 6) is 0.0530. The van der Waals surface area contributed by atoms with Crippen LogP contribution in [0, 0.1) is 5.92 Å². The lowest BCUT2D eigenvalue weighted by Gasteiger charge is -2.09. The maximum absolute atomic E-state index is 11.4. The fourth-order valence-electron chi connectivity index (χ4n) is 1.23. The third kappa shape index (κ3) is 5.55. The molecule has 0 atom stereocenters. The van der Waals surface area contributed by atoms with E-state index in [4.69, 9.17) is 0 Å². The first-order chi connectivity index (χ1) is 8.08. The number of hydrogen-bond acceptors (Lipinski definition) is 2. The molecule has 1 rings (SSSR count). The van der Waals surface area contributed by atoms with Crippen LogP contribution in [-0.2, 0) is 4.79 Å². The van der Waals surface area contributed by atoms with Gasteiger partial charge in [0, 0.05) is 12.1 Å². The first-order valence-corrected chi connectivity index (χ1v) is 5.49. The van der Waals surface area contributed by atoms with Gasteiger partial charge in [0.15, 0.2) is 0 Å². The zero-order chi connectivity index (χ0) is 12.7. The smallest absolute Gasteiger partial charge is 0.307 e. The van der Waals surface area contributed by atoms with E-state index < -0.39 is 6.03 Å². The molecule has 0 heterocycles. The zero-order valence-electron chi connectivity index (χ0n) is 9.99. The molecule has 0 aliphatic rings. The van der Waals surface area contributed by atoms with E-state index in [1.165, 1.54) is 0 Å². The molecule has 0 aliphatic heterocycles. The van der Waals surface area contributed by atoms with Crippen molar-refractivity contribution in [3.8, 4) is 0 Å². The van der Waals surface area contributed by atoms with E-state index in [-0.39, 0.29) is 11.8 Å². The van der Waals surface area contributed by atoms with Crippen molar-refractivity contribution in [3.05, 3.63) is 30.3 Å². The molecule has 0 spiro atoms. The van der Waals surface area contributed by atoms with Gasteiger partial charge in [-0.05, 0) is 18.1 Å². The third-order valence-electron chi connectivity index (χ3n) is 1.94. The lowest BCUT2D eigenvalue weighted by Crippen LogP contribution is -2.44. The van der Waals surface area contributed by atoms with Crippen LogP contribution in [0.5, 0.6) is 0 Å². The van der Waals surface area contributed by atoms with E-state index in [2.05, 4.69) is 16.2 Å². The van der Waals surface area contributed by atoms with Gasteiger partial charge in [-0.15, -0.1) is 0 Å². The summed E-state index contributed by atoms with van der Waals surface area (Å²) < 4.78 is 0. The van der Waals surface area contributed by atoms with Gasteiger partial charge in [-0.2, -0.15) is 0 Å². The number of amides is 3. The lowest BCUT2D eigenvalue weighted by atomic mass is 10.1. The van der Waals surface area contributed by atoms with Gasteiger partial charge < -0.3 is 5.32 Å². The van der Waals surface area contributed by atoms with E-state index >= 15 is 0 Å². The predicted molar refractivity (Wildman–Crippen MR) is 66.2 cm³/mol. The van der Waals surface area contributed by atoms with E-state index in [9.17, 15) is 9.59 Å². The predicted octanol–water partition coefficient (Wildman–Crippen LogP) is 1.89. The summed E-state index contributed by atoms with van der Waals surface area (Å²) in [6.45, 7) is 3.87. The average Bonchev–Trinajstić information content (AvgIpc) is 2.27. The summed E-state index contributed by atoms with van der Waals surface area (Å²) >= 11 is 0. The van der Waals surface area contributed by atoms with E-state index in [1.807, 2.05) is 32.0 Å². The Bertz CT molecular complexity index is 377. The number of nitrogens with one attached hydrogen (secondary N) is 3. The molecule has 0 fully saturated rings. The maximum Gasteiger partial charge on any atom is 0.337 e. The molecule has 0 bridgehead atoms. The molecule has 3 N–H and O–H groups in total. The molecule has 3 amide bonds. The van der Waals surface area contributed by atoms with Crippen molar-refractivity contribution in [1.29, 1.82) is 0 Å². The quantitative estimate of drug-likeness (QED) is 0.700. The van der Waals surface area contributed by atoms with Crippen LogP contribution < -0.4 is 16.2 Å². The summed E-state index contributed by atoms with van der Waals surface area (Å²) in [4.78, 5) is 22.6. The molecule has 0 unspecified atom stereocenters. The number of hydrogen-bond donors (Lipinski definition) is 3. The first kappa shape index (κ1) is 13.0. The fourth-order valence-corrected chi connectivity index (χ4v) is 1.23. The van der Waals surface area contributed by atoms with Crippen LogP contribution in [-0.4, -0.2) is 11.9 Å². The number of rotatable bonds is 3. The SMILES string of the molecule is CC(C)CC(=O)NNC(=O)Nc1ccccc1. The highest BCUT2D eigenvalue weighted by Crippen LogP contribution is 2.03. The molecule has 0 saturated heterocycles. The Morgan fingerprint density at radius 1 is 1.12 bits per heavy atom. The second-order valence-electron chi connectivity index (χ2n) is 4.09. The van der Waals surface area contributed by atoms with Gasteiger partial charge in [0.25, 0.3) is 0 Å². The highest BCUT2D eigenvalue weighted by atomic mass is 16.2. The van der Waals surface area contributed by atoms with Crippen molar-refractivity contribution in [3.63, 3.8) is 0 Å². The third-order valence-corrected chi connectivity index (χ3v) is 1.94. The van der Waals surface area contributed by atoms with Gasteiger partial charge in [0.2, 0.25) is 5.91 Å². The Morgan fingerprint density at radius 3 is 2.35 bits per heavy atom. The van der Waals surface area contributed by atoms with Crippen molar-refractivity contribution in [2.24, 2.45) is 5.92 Å². The lowest BCUT2D eigenvalue weighted by molar-refractivity contribution is -0.122. The van der Waals surface area contributed by atoms with Crippen molar-refractivity contribution >= 4 is 17.6 Å². The molecule has 1 aromatic rings. The highest BCUT2D eigenvalue weighted by Gasteiger charge is 2.06. The van der Waals surface area contributed by atoms with Gasteiger partial charge in [-0.25, -0.2) is 10.2 Å². The van der Waals surface area contributed by atoms with Crippen LogP contribution >= 0.6 is 0 Å². The standard InChI is InChI=1S/C12H17N3O2/c1-9(2)8-11(16)14-15-12(17)13-10-6-4-3-5-7-10/h3-7,9H,8H2,1-2H3,(H,14,16)(H2,13,15,17). The summed E-state index contributed by atoms with van der Waals surface area (Å²) in [6.07, 6.45) is 0.381. The van der Waals surface area contributed by atoms with E-state index in [1.54, 1.807) is 12.1 Å². The van der Waals surface area contributed by atoms with Crippen LogP contribution in [0.1, 0.15) is 20.3 Å². The van der Waals surface area contributed by atoms with Gasteiger partial charge in [-0.3, -0.25) is 10.2 Å². The molecule has 92 valence electrons. The van der Waals surface area contributed by atoms with Crippen molar-refractivity contribution < 1.29 is 9.59 Å². The number of para-hydroxylation sites is 1. The van der Waals surface area contributed by atoms with Crippen LogP contribution in [0.25, 0.3) is 0 Å². The van der Waals surface area contributed by atoms with E-state index in [0.717, 1.165) is 0 Å². The minimum atomic E-state index is -0.465. The van der Waals surface area contributed by atoms with Crippen molar-refractivity contribution in [2.75, 3.05) is 5.32 Å². The van der Waals surface area contributed by atoms with Gasteiger partial charge >= 0.3 is 6.03 Å². The summed E-state index contributed by atoms with van der Waals surface area (Å²) in [5, 5.41) is 2.59. The topological polar surface area (TPSA) is 70.2 Å². The maximum atomic E-state index is 11.4. The Labute approximate surface area is 101 Å². The van der Waals surface area contributed by atoms with Crippen LogP contribution in [0.4, 0.5) is 10.5 Å². The van der Waals surface area contributed by atoms with Crippen molar-refractivity contribution in [2.45, 2.75) is 20.3 Å². The molecule has 5 nitrogen and oxygen atoms in total. The molecular formula is C12H17N3O2. The summed E-state index contributed by atoms with van der Waals surface area (Å²) in [6, 6.07) is 8.53. The Kier molecular flexibility index (Phi) is 5.00.